The van der Waals surface area contributed by atoms with Crippen LogP contribution in [0.2, 0.25) is 0 Å². The Bertz CT molecular complexity index is 2580. The molecule has 1 aliphatic heterocycles. The van der Waals surface area contributed by atoms with Crippen molar-refractivity contribution in [3.05, 3.63) is 150 Å². The fourth-order valence-electron chi connectivity index (χ4n) is 8.59. The van der Waals surface area contributed by atoms with Crippen LogP contribution in [-0.4, -0.2) is 14.1 Å². The van der Waals surface area contributed by atoms with Gasteiger partial charge in [-0.3, -0.25) is 4.57 Å². The fraction of sp³-hybridized carbons (Fsp3) is 0.178. The number of aromatic nitrogens is 3. The monoisotopic (exact) mass is 621 g/mol. The van der Waals surface area contributed by atoms with Crippen LogP contribution < -0.4 is 0 Å². The van der Waals surface area contributed by atoms with E-state index in [1.807, 2.05) is 13.8 Å². The van der Waals surface area contributed by atoms with Crippen LogP contribution in [0.4, 0.5) is 0 Å². The summed E-state index contributed by atoms with van der Waals surface area (Å²) in [5.74, 6) is 0.966. The number of hydrogen-bond acceptors (Lipinski definition) is 1. The zero-order valence-corrected chi connectivity index (χ0v) is 28.5. The van der Waals surface area contributed by atoms with Crippen molar-refractivity contribution in [2.24, 2.45) is 0 Å². The van der Waals surface area contributed by atoms with Gasteiger partial charge in [0.15, 0.2) is 0 Å². The topological polar surface area (TPSA) is 22.8 Å². The summed E-state index contributed by atoms with van der Waals surface area (Å²) < 4.78 is 4.87. The molecule has 0 bridgehead atoms. The lowest BCUT2D eigenvalue weighted by Crippen LogP contribution is -2.26. The molecule has 234 valence electrons. The van der Waals surface area contributed by atoms with E-state index in [4.69, 9.17) is 4.98 Å². The molecule has 48 heavy (non-hydrogen) atoms. The minimum atomic E-state index is -0.201. The predicted molar refractivity (Wildman–Crippen MR) is 202 cm³/mol. The van der Waals surface area contributed by atoms with Gasteiger partial charge in [-0.05, 0) is 88.0 Å². The van der Waals surface area contributed by atoms with E-state index in [2.05, 4.69) is 164 Å². The van der Waals surface area contributed by atoms with Crippen molar-refractivity contribution in [2.75, 3.05) is 0 Å². The summed E-state index contributed by atoms with van der Waals surface area (Å²) in [5.41, 5.74) is 16.1. The Labute approximate surface area is 282 Å². The highest BCUT2D eigenvalue weighted by atomic mass is 15.1. The number of imidazole rings is 1. The van der Waals surface area contributed by atoms with Crippen molar-refractivity contribution >= 4 is 32.8 Å². The first-order chi connectivity index (χ1) is 23.3. The first-order valence-corrected chi connectivity index (χ1v) is 17.2. The molecule has 2 aromatic heterocycles. The number of para-hydroxylation sites is 4. The molecule has 0 saturated carbocycles. The van der Waals surface area contributed by atoms with Crippen LogP contribution >= 0.6 is 0 Å². The Morgan fingerprint density at radius 1 is 0.500 bits per heavy atom. The maximum Gasteiger partial charge on any atom is 0.145 e. The second-order valence-corrected chi connectivity index (χ2v) is 14.1. The lowest BCUT2D eigenvalue weighted by molar-refractivity contribution is 0.630. The molecule has 0 amide bonds. The Kier molecular flexibility index (Phi) is 6.02. The molecule has 0 atom stereocenters. The summed E-state index contributed by atoms with van der Waals surface area (Å²) in [6.07, 6.45) is 0. The number of hydrogen-bond donors (Lipinski definition) is 0. The van der Waals surface area contributed by atoms with Gasteiger partial charge in [0.2, 0.25) is 0 Å². The molecule has 10 rings (SSSR count). The van der Waals surface area contributed by atoms with Gasteiger partial charge in [0, 0.05) is 32.9 Å². The summed E-state index contributed by atoms with van der Waals surface area (Å²) in [6, 6.07) is 46.8. The van der Waals surface area contributed by atoms with Gasteiger partial charge < -0.3 is 4.57 Å². The number of fused-ring (bicyclic) bond motifs is 9. The van der Waals surface area contributed by atoms with Crippen LogP contribution in [0.5, 0.6) is 0 Å². The zero-order valence-electron chi connectivity index (χ0n) is 28.5. The molecule has 3 heterocycles. The maximum absolute atomic E-state index is 5.30. The predicted octanol–water partition coefficient (Wildman–Crippen LogP) is 11.8. The van der Waals surface area contributed by atoms with Gasteiger partial charge in [0.05, 0.1) is 27.8 Å². The molecular formula is C45H39N3. The molecule has 6 aromatic carbocycles. The molecule has 3 heteroatoms. The van der Waals surface area contributed by atoms with Crippen LogP contribution in [-0.2, 0) is 10.8 Å². The third kappa shape index (κ3) is 3.67. The molecule has 0 saturated heterocycles. The Morgan fingerprint density at radius 3 is 1.98 bits per heavy atom. The van der Waals surface area contributed by atoms with Gasteiger partial charge in [-0.15, -0.1) is 0 Å². The molecule has 0 spiro atoms. The Hall–Kier alpha value is -5.41. The zero-order chi connectivity index (χ0) is 32.9. The summed E-state index contributed by atoms with van der Waals surface area (Å²) in [5, 5.41) is 2.57. The quantitative estimate of drug-likeness (QED) is 0.188. The standard InChI is InChI=1S/C43H33N3.C2H6/c1-42(2)32-17-9-8-16-28(32)29-24-30-31-22-26(41-44-36-19-11-13-21-38(36)45(41)27-14-6-5-7-15-27)23-35-40(31)46(39(30)25-34(29)42)37-20-12-10-18-33(37)43(35,3)4;1-2/h5-25H,1-4H3;1-2H3. The highest BCUT2D eigenvalue weighted by Gasteiger charge is 2.39. The van der Waals surface area contributed by atoms with Crippen molar-refractivity contribution in [2.45, 2.75) is 52.4 Å². The van der Waals surface area contributed by atoms with Crippen molar-refractivity contribution in [1.82, 2.24) is 14.1 Å². The lowest BCUT2D eigenvalue weighted by atomic mass is 9.74. The maximum atomic E-state index is 5.30. The van der Waals surface area contributed by atoms with E-state index in [1.54, 1.807) is 0 Å². The van der Waals surface area contributed by atoms with Crippen molar-refractivity contribution < 1.29 is 0 Å². The highest BCUT2D eigenvalue weighted by Crippen LogP contribution is 2.54. The summed E-state index contributed by atoms with van der Waals surface area (Å²) >= 11 is 0. The molecule has 3 nitrogen and oxygen atoms in total. The smallest absolute Gasteiger partial charge is 0.145 e. The summed E-state index contributed by atoms with van der Waals surface area (Å²) in [7, 11) is 0. The first kappa shape index (κ1) is 28.8. The molecule has 2 aliphatic rings. The third-order valence-electron chi connectivity index (χ3n) is 10.9. The largest absolute Gasteiger partial charge is 0.309 e. The fourth-order valence-corrected chi connectivity index (χ4v) is 8.59. The van der Waals surface area contributed by atoms with Crippen LogP contribution in [0.1, 0.15) is 63.8 Å². The van der Waals surface area contributed by atoms with Gasteiger partial charge >= 0.3 is 0 Å². The lowest BCUT2D eigenvalue weighted by Gasteiger charge is -2.35. The minimum absolute atomic E-state index is 0.0706. The average molecular weight is 622 g/mol. The van der Waals surface area contributed by atoms with E-state index in [0.717, 1.165) is 28.1 Å². The Morgan fingerprint density at radius 2 is 1.17 bits per heavy atom. The van der Waals surface area contributed by atoms with E-state index in [9.17, 15) is 0 Å². The van der Waals surface area contributed by atoms with Gasteiger partial charge in [0.1, 0.15) is 5.82 Å². The number of nitrogens with zero attached hydrogens (tertiary/aromatic N) is 3. The normalized spacial score (nSPS) is 14.8. The van der Waals surface area contributed by atoms with Crippen molar-refractivity contribution in [3.63, 3.8) is 0 Å². The minimum Gasteiger partial charge on any atom is -0.309 e. The van der Waals surface area contributed by atoms with E-state index in [1.165, 1.54) is 60.9 Å². The molecule has 1 aliphatic carbocycles. The number of benzene rings is 6. The molecule has 0 unspecified atom stereocenters. The van der Waals surface area contributed by atoms with Crippen LogP contribution in [0.3, 0.4) is 0 Å². The van der Waals surface area contributed by atoms with Crippen molar-refractivity contribution in [1.29, 1.82) is 0 Å². The second kappa shape index (κ2) is 10.0. The molecule has 0 N–H and O–H groups in total. The van der Waals surface area contributed by atoms with E-state index >= 15 is 0 Å². The molecule has 0 fully saturated rings. The van der Waals surface area contributed by atoms with E-state index in [0.29, 0.717) is 0 Å². The first-order valence-electron chi connectivity index (χ1n) is 17.2. The van der Waals surface area contributed by atoms with Crippen molar-refractivity contribution in [3.8, 4) is 33.9 Å². The van der Waals surface area contributed by atoms with Crippen LogP contribution in [0, 0.1) is 0 Å². The average Bonchev–Trinajstić information content (AvgIpc) is 3.74. The Balaban J connectivity index is 0.00000154. The summed E-state index contributed by atoms with van der Waals surface area (Å²) in [6.45, 7) is 13.5. The molecular weight excluding hydrogens is 583 g/mol. The molecule has 8 aromatic rings. The SMILES string of the molecule is CC.CC1(C)c2ccccc2-c2cc3c4cc(-c5nc6ccccc6n5-c5ccccc5)cc5c4n(c3cc21)-c1ccccc1C5(C)C. The number of rotatable bonds is 2. The van der Waals surface area contributed by atoms with Gasteiger partial charge in [-0.1, -0.05) is 114 Å². The van der Waals surface area contributed by atoms with Crippen LogP contribution in [0.25, 0.3) is 66.7 Å². The van der Waals surface area contributed by atoms with Gasteiger partial charge in [-0.25, -0.2) is 4.98 Å². The van der Waals surface area contributed by atoms with Gasteiger partial charge in [0.25, 0.3) is 0 Å². The molecule has 0 radical (unpaired) electrons. The summed E-state index contributed by atoms with van der Waals surface area (Å²) in [4.78, 5) is 5.30. The second-order valence-electron chi connectivity index (χ2n) is 14.1. The van der Waals surface area contributed by atoms with Gasteiger partial charge in [-0.2, -0.15) is 0 Å². The van der Waals surface area contributed by atoms with E-state index < -0.39 is 0 Å². The highest BCUT2D eigenvalue weighted by molar-refractivity contribution is 6.14. The van der Waals surface area contributed by atoms with E-state index in [-0.39, 0.29) is 10.8 Å². The van der Waals surface area contributed by atoms with Crippen LogP contribution in [0.15, 0.2) is 127 Å². The third-order valence-corrected chi connectivity index (χ3v) is 10.9.